The minimum atomic E-state index is -0.758. The van der Waals surface area contributed by atoms with Crippen LogP contribution in [0.2, 0.25) is 0 Å². The van der Waals surface area contributed by atoms with E-state index < -0.39 is 18.0 Å². The quantitative estimate of drug-likeness (QED) is 0.586. The molecule has 1 N–H and O–H groups in total. The van der Waals surface area contributed by atoms with Crippen molar-refractivity contribution in [2.75, 3.05) is 34.9 Å². The molecule has 5 atom stereocenters. The molecule has 0 aromatic heterocycles. The van der Waals surface area contributed by atoms with E-state index in [1.807, 2.05) is 30.3 Å². The van der Waals surface area contributed by atoms with E-state index in [2.05, 4.69) is 17.1 Å². The lowest BCUT2D eigenvalue weighted by Gasteiger charge is -2.58. The van der Waals surface area contributed by atoms with Crippen LogP contribution in [-0.2, 0) is 26.2 Å². The second-order valence-electron chi connectivity index (χ2n) is 11.1. The van der Waals surface area contributed by atoms with Crippen LogP contribution in [0.1, 0.15) is 60.5 Å². The third-order valence-corrected chi connectivity index (χ3v) is 9.59. The number of likely N-dealkylation sites (N-methyl/N-ethyl adjacent to an activating group) is 1. The molecule has 2 aliphatic carbocycles. The van der Waals surface area contributed by atoms with Gasteiger partial charge in [0, 0.05) is 28.1 Å². The van der Waals surface area contributed by atoms with Crippen molar-refractivity contribution in [2.24, 2.45) is 17.0 Å². The number of ether oxygens (including phenoxy) is 3. The van der Waals surface area contributed by atoms with Crippen LogP contribution in [0.3, 0.4) is 0 Å². The molecule has 0 spiro atoms. The van der Waals surface area contributed by atoms with Crippen molar-refractivity contribution in [1.29, 1.82) is 0 Å². The number of hydrogen-bond donors (Lipinski definition) is 1. The van der Waals surface area contributed by atoms with E-state index in [4.69, 9.17) is 19.0 Å². The number of carbonyl (C=O) groups is 1. The van der Waals surface area contributed by atoms with Crippen molar-refractivity contribution in [3.63, 3.8) is 0 Å². The zero-order chi connectivity index (χ0) is 26.6. The fourth-order valence-corrected chi connectivity index (χ4v) is 7.77. The smallest absolute Gasteiger partial charge is 0.319 e. The number of rotatable bonds is 5. The molecular weight excluding hydrogens is 484 g/mol. The molecule has 8 heteroatoms. The number of fused-ring (bicyclic) bond motifs is 1. The van der Waals surface area contributed by atoms with Gasteiger partial charge < -0.3 is 29.1 Å². The number of piperidine rings is 1. The Hall–Kier alpha value is -3.26. The number of aromatic hydroxyl groups is 1. The standard InChI is InChI=1S/C30H36N2O6/c1-32-14-13-30-12-6-5-7-21(30)22(32)15-19-20(16-23(36-3)27(33)25(19)30)28-24(29(34)37-4)26(31-38-28)17-8-10-18(35-2)11-9-17/h8-11,16,21-22,24,28,33H,5-7,12-15H2,1-4H3/t21?,22?,24-,28+,30?/m1/s1. The van der Waals surface area contributed by atoms with Gasteiger partial charge in [0.05, 0.1) is 21.3 Å². The van der Waals surface area contributed by atoms with Gasteiger partial charge in [-0.2, -0.15) is 0 Å². The molecule has 8 nitrogen and oxygen atoms in total. The van der Waals surface area contributed by atoms with Gasteiger partial charge in [0.1, 0.15) is 17.4 Å². The van der Waals surface area contributed by atoms with Gasteiger partial charge >= 0.3 is 5.97 Å². The van der Waals surface area contributed by atoms with Crippen LogP contribution in [0, 0.1) is 11.8 Å². The van der Waals surface area contributed by atoms with E-state index in [1.54, 1.807) is 14.2 Å². The van der Waals surface area contributed by atoms with E-state index in [0.29, 0.717) is 29.2 Å². The van der Waals surface area contributed by atoms with Crippen molar-refractivity contribution in [3.8, 4) is 17.2 Å². The molecule has 202 valence electrons. The summed E-state index contributed by atoms with van der Waals surface area (Å²) in [6.07, 6.45) is 5.68. The van der Waals surface area contributed by atoms with E-state index in [1.165, 1.54) is 13.5 Å². The second kappa shape index (κ2) is 9.49. The summed E-state index contributed by atoms with van der Waals surface area (Å²) in [5, 5.41) is 16.0. The van der Waals surface area contributed by atoms with Crippen molar-refractivity contribution < 1.29 is 28.9 Å². The molecule has 2 aromatic rings. The molecule has 0 radical (unpaired) electrons. The molecule has 2 heterocycles. The van der Waals surface area contributed by atoms with Crippen LogP contribution >= 0.6 is 0 Å². The molecular formula is C30H36N2O6. The Bertz CT molecular complexity index is 1270. The van der Waals surface area contributed by atoms with E-state index in [9.17, 15) is 9.90 Å². The van der Waals surface area contributed by atoms with Crippen LogP contribution in [0.5, 0.6) is 17.2 Å². The van der Waals surface area contributed by atoms with Crippen molar-refractivity contribution >= 4 is 11.7 Å². The summed E-state index contributed by atoms with van der Waals surface area (Å²) in [6, 6.07) is 9.64. The summed E-state index contributed by atoms with van der Waals surface area (Å²) in [5.41, 5.74) is 4.11. The monoisotopic (exact) mass is 520 g/mol. The van der Waals surface area contributed by atoms with E-state index >= 15 is 0 Å². The fourth-order valence-electron chi connectivity index (χ4n) is 7.77. The first-order valence-electron chi connectivity index (χ1n) is 13.5. The normalized spacial score (nSPS) is 29.9. The van der Waals surface area contributed by atoms with Gasteiger partial charge in [-0.15, -0.1) is 0 Å². The summed E-state index contributed by atoms with van der Waals surface area (Å²) in [6.45, 7) is 1.00. The Balaban J connectivity index is 1.50. The maximum atomic E-state index is 13.3. The molecule has 1 saturated carbocycles. The van der Waals surface area contributed by atoms with Crippen LogP contribution < -0.4 is 9.47 Å². The minimum Gasteiger partial charge on any atom is -0.504 e. The Kier molecular flexibility index (Phi) is 6.25. The highest BCUT2D eigenvalue weighted by Gasteiger charge is 2.56. The number of phenolic OH excluding ortho intramolecular Hbond substituents is 1. The number of carbonyl (C=O) groups excluding carboxylic acids is 1. The molecule has 2 aliphatic heterocycles. The Morgan fingerprint density at radius 2 is 1.92 bits per heavy atom. The van der Waals surface area contributed by atoms with Gasteiger partial charge in [0.15, 0.2) is 17.6 Å². The maximum absolute atomic E-state index is 13.3. The third kappa shape index (κ3) is 3.60. The largest absolute Gasteiger partial charge is 0.504 e. The number of oxime groups is 1. The number of phenols is 1. The first-order chi connectivity index (χ1) is 18.4. The van der Waals surface area contributed by atoms with Crippen molar-refractivity contribution in [3.05, 3.63) is 52.6 Å². The number of nitrogens with zero attached hydrogens (tertiary/aromatic N) is 2. The second-order valence-corrected chi connectivity index (χ2v) is 11.1. The first kappa shape index (κ1) is 25.0. The molecule has 4 aliphatic rings. The number of likely N-dealkylation sites (tertiary alicyclic amines) is 1. The highest BCUT2D eigenvalue weighted by Crippen LogP contribution is 2.60. The van der Waals surface area contributed by atoms with Crippen LogP contribution in [0.15, 0.2) is 35.5 Å². The highest BCUT2D eigenvalue weighted by molar-refractivity contribution is 6.13. The molecule has 6 rings (SSSR count). The topological polar surface area (TPSA) is 89.8 Å². The average molecular weight is 521 g/mol. The van der Waals surface area contributed by atoms with Crippen LogP contribution in [-0.4, -0.2) is 62.7 Å². The highest BCUT2D eigenvalue weighted by atomic mass is 16.6. The lowest BCUT2D eigenvalue weighted by Crippen LogP contribution is -2.60. The van der Waals surface area contributed by atoms with Gasteiger partial charge in [-0.3, -0.25) is 4.79 Å². The molecule has 2 fully saturated rings. The van der Waals surface area contributed by atoms with E-state index in [0.717, 1.165) is 60.9 Å². The van der Waals surface area contributed by atoms with E-state index in [-0.39, 0.29) is 11.2 Å². The summed E-state index contributed by atoms with van der Waals surface area (Å²) in [4.78, 5) is 21.8. The summed E-state index contributed by atoms with van der Waals surface area (Å²) >= 11 is 0. The summed E-state index contributed by atoms with van der Waals surface area (Å²) < 4.78 is 16.3. The maximum Gasteiger partial charge on any atom is 0.319 e. The van der Waals surface area contributed by atoms with Gasteiger partial charge in [-0.25, -0.2) is 0 Å². The minimum absolute atomic E-state index is 0.102. The lowest BCUT2D eigenvalue weighted by atomic mass is 9.51. The summed E-state index contributed by atoms with van der Waals surface area (Å²) in [7, 11) is 6.80. The molecule has 1 saturated heterocycles. The Morgan fingerprint density at radius 1 is 1.13 bits per heavy atom. The number of esters is 1. The zero-order valence-electron chi connectivity index (χ0n) is 22.5. The third-order valence-electron chi connectivity index (χ3n) is 9.59. The van der Waals surface area contributed by atoms with Gasteiger partial charge in [0.2, 0.25) is 0 Å². The number of hydrogen-bond acceptors (Lipinski definition) is 8. The molecule has 38 heavy (non-hydrogen) atoms. The molecule has 0 amide bonds. The SMILES string of the molecule is COC(=O)[C@@H]1C(c2ccc(OC)cc2)=NO[C@H]1c1cc(OC)c(O)c2c1CC1C3CCCCC23CCN1C. The Morgan fingerprint density at radius 3 is 2.63 bits per heavy atom. The zero-order valence-corrected chi connectivity index (χ0v) is 22.5. The predicted molar refractivity (Wildman–Crippen MR) is 142 cm³/mol. The van der Waals surface area contributed by atoms with Crippen LogP contribution in [0.4, 0.5) is 0 Å². The summed E-state index contributed by atoms with van der Waals surface area (Å²) in [5.74, 6) is 0.690. The first-order valence-corrected chi connectivity index (χ1v) is 13.5. The van der Waals surface area contributed by atoms with Gasteiger partial charge in [0.25, 0.3) is 0 Å². The molecule has 3 unspecified atom stereocenters. The fraction of sp³-hybridized carbons (Fsp3) is 0.533. The predicted octanol–water partition coefficient (Wildman–Crippen LogP) is 4.36. The Labute approximate surface area is 223 Å². The van der Waals surface area contributed by atoms with Crippen LogP contribution in [0.25, 0.3) is 0 Å². The van der Waals surface area contributed by atoms with Crippen molar-refractivity contribution in [1.82, 2.24) is 4.90 Å². The van der Waals surface area contributed by atoms with Gasteiger partial charge in [-0.05, 0) is 81.1 Å². The van der Waals surface area contributed by atoms with Gasteiger partial charge in [-0.1, -0.05) is 18.0 Å². The molecule has 2 bridgehead atoms. The number of benzene rings is 2. The lowest BCUT2D eigenvalue weighted by molar-refractivity contribution is -0.146. The number of methoxy groups -OCH3 is 3. The molecule has 2 aromatic carbocycles. The average Bonchev–Trinajstić information content (AvgIpc) is 3.39. The van der Waals surface area contributed by atoms with Crippen molar-refractivity contribution in [2.45, 2.75) is 56.1 Å².